The van der Waals surface area contributed by atoms with Gasteiger partial charge in [-0.2, -0.15) is 13.2 Å². The van der Waals surface area contributed by atoms with E-state index in [0.717, 1.165) is 31.6 Å². The molecular formula is C13H24F3N. The molecule has 0 saturated heterocycles. The van der Waals surface area contributed by atoms with Gasteiger partial charge in [0.1, 0.15) is 0 Å². The summed E-state index contributed by atoms with van der Waals surface area (Å²) in [5.41, 5.74) is 0. The molecule has 1 atom stereocenters. The fourth-order valence-electron chi connectivity index (χ4n) is 2.76. The van der Waals surface area contributed by atoms with Crippen molar-refractivity contribution in [1.82, 2.24) is 5.32 Å². The lowest BCUT2D eigenvalue weighted by Gasteiger charge is -2.33. The lowest BCUT2D eigenvalue weighted by atomic mass is 9.79. The van der Waals surface area contributed by atoms with Crippen LogP contribution in [0, 0.1) is 11.8 Å². The van der Waals surface area contributed by atoms with E-state index in [9.17, 15) is 13.2 Å². The van der Waals surface area contributed by atoms with Gasteiger partial charge in [0.25, 0.3) is 0 Å². The third kappa shape index (κ3) is 5.75. The summed E-state index contributed by atoms with van der Waals surface area (Å²) in [5, 5.41) is 3.11. The first-order valence-electron chi connectivity index (χ1n) is 6.60. The number of rotatable bonds is 4. The Morgan fingerprint density at radius 3 is 2.00 bits per heavy atom. The fourth-order valence-corrected chi connectivity index (χ4v) is 2.76. The van der Waals surface area contributed by atoms with Crippen LogP contribution in [-0.2, 0) is 0 Å². The van der Waals surface area contributed by atoms with Crippen LogP contribution in [0.5, 0.6) is 0 Å². The average Bonchev–Trinajstić information content (AvgIpc) is 2.15. The maximum absolute atomic E-state index is 12.2. The van der Waals surface area contributed by atoms with Crippen LogP contribution in [0.2, 0.25) is 0 Å². The minimum Gasteiger partial charge on any atom is -0.311 e. The largest absolute Gasteiger partial charge is 0.390 e. The molecule has 1 aliphatic rings. The van der Waals surface area contributed by atoms with Crippen LogP contribution in [-0.4, -0.2) is 18.3 Å². The summed E-state index contributed by atoms with van der Waals surface area (Å²) >= 11 is 0. The summed E-state index contributed by atoms with van der Waals surface area (Å²) < 4.78 is 36.6. The Hall–Kier alpha value is -0.250. The van der Waals surface area contributed by atoms with Gasteiger partial charge in [0, 0.05) is 12.1 Å². The Kier molecular flexibility index (Phi) is 5.29. The van der Waals surface area contributed by atoms with Crippen LogP contribution >= 0.6 is 0 Å². The van der Waals surface area contributed by atoms with Crippen molar-refractivity contribution < 1.29 is 13.2 Å². The third-order valence-electron chi connectivity index (χ3n) is 3.77. The third-order valence-corrected chi connectivity index (χ3v) is 3.77. The predicted molar refractivity (Wildman–Crippen MR) is 63.9 cm³/mol. The summed E-state index contributed by atoms with van der Waals surface area (Å²) in [5.74, 6) is 1.45. The maximum atomic E-state index is 12.2. The number of alkyl halides is 3. The average molecular weight is 251 g/mol. The standard InChI is InChI=1S/C13H24F3N/c1-9(2)11-4-6-12(7-5-11)17-10(3)8-13(14,15)16/h9-12,17H,4-8H2,1-3H3. The summed E-state index contributed by atoms with van der Waals surface area (Å²) in [6.45, 7) is 6.08. The number of hydrogen-bond acceptors (Lipinski definition) is 1. The van der Waals surface area contributed by atoms with Crippen LogP contribution in [0.25, 0.3) is 0 Å². The first kappa shape index (κ1) is 14.8. The van der Waals surface area contributed by atoms with Gasteiger partial charge >= 0.3 is 6.18 Å². The van der Waals surface area contributed by atoms with Gasteiger partial charge in [-0.3, -0.25) is 0 Å². The summed E-state index contributed by atoms with van der Waals surface area (Å²) in [6, 6.07) is -0.182. The van der Waals surface area contributed by atoms with Crippen LogP contribution in [0.4, 0.5) is 13.2 Å². The fraction of sp³-hybridized carbons (Fsp3) is 1.00. The van der Waals surface area contributed by atoms with Gasteiger partial charge in [0.2, 0.25) is 0 Å². The summed E-state index contributed by atoms with van der Waals surface area (Å²) in [4.78, 5) is 0. The molecule has 1 saturated carbocycles. The highest BCUT2D eigenvalue weighted by Crippen LogP contribution is 2.30. The van der Waals surface area contributed by atoms with Crippen molar-refractivity contribution in [3.63, 3.8) is 0 Å². The van der Waals surface area contributed by atoms with Gasteiger partial charge < -0.3 is 5.32 Å². The van der Waals surface area contributed by atoms with Crippen molar-refractivity contribution in [3.05, 3.63) is 0 Å². The second kappa shape index (κ2) is 6.07. The molecule has 1 rings (SSSR count). The van der Waals surface area contributed by atoms with Crippen molar-refractivity contribution in [2.75, 3.05) is 0 Å². The molecule has 0 bridgehead atoms. The molecule has 0 amide bonds. The van der Waals surface area contributed by atoms with Crippen LogP contribution in [0.15, 0.2) is 0 Å². The Bertz CT molecular complexity index is 217. The molecule has 0 radical (unpaired) electrons. The molecule has 0 aromatic carbocycles. The zero-order valence-electron chi connectivity index (χ0n) is 11.0. The molecule has 0 spiro atoms. The van der Waals surface area contributed by atoms with Gasteiger partial charge in [0.15, 0.2) is 0 Å². The highest BCUT2D eigenvalue weighted by atomic mass is 19.4. The molecule has 0 heterocycles. The maximum Gasteiger partial charge on any atom is 0.390 e. The summed E-state index contributed by atoms with van der Waals surface area (Å²) in [6.07, 6.45) is -0.448. The second-order valence-electron chi connectivity index (χ2n) is 5.74. The molecule has 0 aromatic rings. The minimum atomic E-state index is -4.05. The topological polar surface area (TPSA) is 12.0 Å². The molecule has 102 valence electrons. The Morgan fingerprint density at radius 2 is 1.59 bits per heavy atom. The predicted octanol–water partition coefficient (Wildman–Crippen LogP) is 4.13. The lowest BCUT2D eigenvalue weighted by molar-refractivity contribution is -0.139. The number of halogens is 3. The Morgan fingerprint density at radius 1 is 1.06 bits per heavy atom. The first-order valence-corrected chi connectivity index (χ1v) is 6.60. The van der Waals surface area contributed by atoms with Crippen LogP contribution in [0.3, 0.4) is 0 Å². The minimum absolute atomic E-state index is 0.280. The van der Waals surface area contributed by atoms with Gasteiger partial charge in [-0.25, -0.2) is 0 Å². The van der Waals surface area contributed by atoms with Gasteiger partial charge in [-0.15, -0.1) is 0 Å². The molecule has 1 aliphatic carbocycles. The van der Waals surface area contributed by atoms with Gasteiger partial charge in [-0.1, -0.05) is 13.8 Å². The zero-order valence-corrected chi connectivity index (χ0v) is 11.0. The van der Waals surface area contributed by atoms with E-state index in [1.807, 2.05) is 0 Å². The lowest BCUT2D eigenvalue weighted by Crippen LogP contribution is -2.41. The van der Waals surface area contributed by atoms with E-state index in [0.29, 0.717) is 5.92 Å². The second-order valence-corrected chi connectivity index (χ2v) is 5.74. The normalized spacial score (nSPS) is 28.4. The molecule has 1 fully saturated rings. The number of hydrogen-bond donors (Lipinski definition) is 1. The quantitative estimate of drug-likeness (QED) is 0.792. The smallest absolute Gasteiger partial charge is 0.311 e. The van der Waals surface area contributed by atoms with Crippen LogP contribution < -0.4 is 5.32 Å². The van der Waals surface area contributed by atoms with Crippen molar-refractivity contribution in [3.8, 4) is 0 Å². The zero-order chi connectivity index (χ0) is 13.1. The molecule has 1 nitrogen and oxygen atoms in total. The van der Waals surface area contributed by atoms with E-state index in [1.165, 1.54) is 0 Å². The van der Waals surface area contributed by atoms with Crippen molar-refractivity contribution in [1.29, 1.82) is 0 Å². The summed E-state index contributed by atoms with van der Waals surface area (Å²) in [7, 11) is 0. The highest BCUT2D eigenvalue weighted by molar-refractivity contribution is 4.81. The SMILES string of the molecule is CC(CC(F)(F)F)NC1CCC(C(C)C)CC1. The molecule has 0 aromatic heterocycles. The Balaban J connectivity index is 2.26. The molecule has 17 heavy (non-hydrogen) atoms. The Labute approximate surface area is 102 Å². The van der Waals surface area contributed by atoms with E-state index in [-0.39, 0.29) is 6.04 Å². The molecule has 4 heteroatoms. The van der Waals surface area contributed by atoms with E-state index in [2.05, 4.69) is 19.2 Å². The van der Waals surface area contributed by atoms with E-state index in [1.54, 1.807) is 6.92 Å². The number of nitrogens with one attached hydrogen (secondary N) is 1. The van der Waals surface area contributed by atoms with Gasteiger partial charge in [0.05, 0.1) is 6.42 Å². The van der Waals surface area contributed by atoms with E-state index >= 15 is 0 Å². The van der Waals surface area contributed by atoms with Gasteiger partial charge in [-0.05, 0) is 44.4 Å². The highest BCUT2D eigenvalue weighted by Gasteiger charge is 2.31. The molecule has 0 aliphatic heterocycles. The molecule has 1 N–H and O–H groups in total. The van der Waals surface area contributed by atoms with Crippen molar-refractivity contribution in [2.45, 2.75) is 71.1 Å². The van der Waals surface area contributed by atoms with E-state index < -0.39 is 18.6 Å². The first-order chi connectivity index (χ1) is 7.78. The van der Waals surface area contributed by atoms with Crippen molar-refractivity contribution >= 4 is 0 Å². The molecule has 1 unspecified atom stereocenters. The monoisotopic (exact) mass is 251 g/mol. The molecular weight excluding hydrogens is 227 g/mol. The van der Waals surface area contributed by atoms with Crippen LogP contribution in [0.1, 0.15) is 52.9 Å². The van der Waals surface area contributed by atoms with E-state index in [4.69, 9.17) is 0 Å². The van der Waals surface area contributed by atoms with Crippen molar-refractivity contribution in [2.24, 2.45) is 11.8 Å².